The Morgan fingerprint density at radius 1 is 1.04 bits per heavy atom. The number of rotatable bonds is 4. The van der Waals surface area contributed by atoms with E-state index in [2.05, 4.69) is 22.9 Å². The zero-order valence-electron chi connectivity index (χ0n) is 13.6. The molecule has 3 N–H and O–H groups in total. The number of amides is 3. The van der Waals surface area contributed by atoms with E-state index in [9.17, 15) is 9.59 Å². The molecule has 5 heteroatoms. The molecule has 3 rings (SSSR count). The van der Waals surface area contributed by atoms with Crippen molar-refractivity contribution in [2.75, 3.05) is 5.32 Å². The van der Waals surface area contributed by atoms with Gasteiger partial charge in [-0.3, -0.25) is 4.79 Å². The molecule has 0 radical (unpaired) electrons. The highest BCUT2D eigenvalue weighted by Crippen LogP contribution is 2.24. The second-order valence-corrected chi connectivity index (χ2v) is 6.80. The van der Waals surface area contributed by atoms with Crippen LogP contribution in [0.1, 0.15) is 55.8 Å². The van der Waals surface area contributed by atoms with Crippen LogP contribution in [-0.4, -0.2) is 24.0 Å². The maximum absolute atomic E-state index is 12.2. The van der Waals surface area contributed by atoms with Crippen molar-refractivity contribution < 1.29 is 9.59 Å². The van der Waals surface area contributed by atoms with Crippen LogP contribution in [0.25, 0.3) is 0 Å². The number of hydrogen-bond donors (Lipinski definition) is 3. The lowest BCUT2D eigenvalue weighted by Crippen LogP contribution is -2.43. The summed E-state index contributed by atoms with van der Waals surface area (Å²) in [5.41, 5.74) is 1.23. The average molecular weight is 315 g/mol. The number of benzene rings is 1. The van der Waals surface area contributed by atoms with Gasteiger partial charge in [0.1, 0.15) is 0 Å². The molecule has 0 unspecified atom stereocenters. The summed E-state index contributed by atoms with van der Waals surface area (Å²) in [5.74, 6) is 0.447. The first-order chi connectivity index (χ1) is 11.1. The van der Waals surface area contributed by atoms with Gasteiger partial charge in [-0.2, -0.15) is 0 Å². The topological polar surface area (TPSA) is 70.2 Å². The lowest BCUT2D eigenvalue weighted by Gasteiger charge is -2.29. The van der Waals surface area contributed by atoms with Crippen molar-refractivity contribution in [2.45, 2.75) is 57.5 Å². The van der Waals surface area contributed by atoms with Crippen molar-refractivity contribution in [3.8, 4) is 0 Å². The monoisotopic (exact) mass is 315 g/mol. The fourth-order valence-electron chi connectivity index (χ4n) is 3.10. The summed E-state index contributed by atoms with van der Waals surface area (Å²) < 4.78 is 0. The van der Waals surface area contributed by atoms with Gasteiger partial charge < -0.3 is 16.0 Å². The first kappa shape index (κ1) is 15.8. The molecular formula is C18H25N3O2. The summed E-state index contributed by atoms with van der Waals surface area (Å²) in [6.07, 6.45) is 6.75. The van der Waals surface area contributed by atoms with Crippen LogP contribution in [0.3, 0.4) is 0 Å². The molecule has 0 spiro atoms. The Bertz CT molecular complexity index is 583. The first-order valence-electron chi connectivity index (χ1n) is 8.60. The molecule has 0 aromatic heterocycles. The molecule has 1 aromatic carbocycles. The van der Waals surface area contributed by atoms with Crippen LogP contribution in [0.5, 0.6) is 0 Å². The smallest absolute Gasteiger partial charge is 0.319 e. The Balaban J connectivity index is 1.56. The summed E-state index contributed by atoms with van der Waals surface area (Å²) in [7, 11) is 0. The SMILES string of the molecule is C[C@@H]1CCCC[C@H]1NC(=O)Nc1cccc(C(=O)NC2CC2)c1. The molecule has 2 atom stereocenters. The minimum Gasteiger partial charge on any atom is -0.349 e. The van der Waals surface area contributed by atoms with Crippen molar-refractivity contribution in [1.29, 1.82) is 0 Å². The Hall–Kier alpha value is -2.04. The van der Waals surface area contributed by atoms with Crippen molar-refractivity contribution in [2.24, 2.45) is 5.92 Å². The van der Waals surface area contributed by atoms with Gasteiger partial charge in [-0.1, -0.05) is 25.8 Å². The van der Waals surface area contributed by atoms with Crippen LogP contribution in [0.15, 0.2) is 24.3 Å². The van der Waals surface area contributed by atoms with Gasteiger partial charge in [-0.15, -0.1) is 0 Å². The van der Waals surface area contributed by atoms with E-state index in [4.69, 9.17) is 0 Å². The molecule has 0 saturated heterocycles. The third-order valence-corrected chi connectivity index (χ3v) is 4.72. The lowest BCUT2D eigenvalue weighted by molar-refractivity contribution is 0.0951. The van der Waals surface area contributed by atoms with E-state index in [0.717, 1.165) is 19.3 Å². The molecule has 0 heterocycles. The van der Waals surface area contributed by atoms with Crippen LogP contribution in [0.4, 0.5) is 10.5 Å². The standard InChI is InChI=1S/C18H25N3O2/c1-12-5-2-3-8-16(12)21-18(23)20-15-7-4-6-13(11-15)17(22)19-14-9-10-14/h4,6-7,11-12,14,16H,2-3,5,8-10H2,1H3,(H,19,22)(H2,20,21,23)/t12-,16-/m1/s1. The van der Waals surface area contributed by atoms with E-state index in [1.54, 1.807) is 24.3 Å². The number of anilines is 1. The second-order valence-electron chi connectivity index (χ2n) is 6.80. The van der Waals surface area contributed by atoms with Crippen molar-refractivity contribution in [3.63, 3.8) is 0 Å². The minimum atomic E-state index is -0.191. The normalized spacial score (nSPS) is 23.9. The Kier molecular flexibility index (Phi) is 4.84. The van der Waals surface area contributed by atoms with E-state index in [0.29, 0.717) is 23.2 Å². The maximum Gasteiger partial charge on any atom is 0.319 e. The van der Waals surface area contributed by atoms with Gasteiger partial charge in [-0.25, -0.2) is 4.79 Å². The number of nitrogens with one attached hydrogen (secondary N) is 3. The highest BCUT2D eigenvalue weighted by Gasteiger charge is 2.24. The summed E-state index contributed by atoms with van der Waals surface area (Å²) in [5, 5.41) is 8.86. The molecule has 124 valence electrons. The summed E-state index contributed by atoms with van der Waals surface area (Å²) in [4.78, 5) is 24.2. The molecule has 2 saturated carbocycles. The number of hydrogen-bond acceptors (Lipinski definition) is 2. The molecule has 0 aliphatic heterocycles. The van der Waals surface area contributed by atoms with Crippen molar-refractivity contribution >= 4 is 17.6 Å². The summed E-state index contributed by atoms with van der Waals surface area (Å²) >= 11 is 0. The van der Waals surface area contributed by atoms with Crippen molar-refractivity contribution in [3.05, 3.63) is 29.8 Å². The van der Waals surface area contributed by atoms with E-state index >= 15 is 0 Å². The third kappa shape index (κ3) is 4.47. The molecule has 5 nitrogen and oxygen atoms in total. The van der Waals surface area contributed by atoms with E-state index in [1.165, 1.54) is 19.3 Å². The molecule has 2 aliphatic rings. The lowest BCUT2D eigenvalue weighted by atomic mass is 9.86. The van der Waals surface area contributed by atoms with Gasteiger partial charge in [0.15, 0.2) is 0 Å². The fourth-order valence-corrected chi connectivity index (χ4v) is 3.10. The van der Waals surface area contributed by atoms with E-state index < -0.39 is 0 Å². The van der Waals surface area contributed by atoms with Crippen LogP contribution >= 0.6 is 0 Å². The van der Waals surface area contributed by atoms with Gasteiger partial charge in [0.25, 0.3) is 5.91 Å². The van der Waals surface area contributed by atoms with Gasteiger partial charge in [-0.05, 0) is 49.8 Å². The van der Waals surface area contributed by atoms with Crippen LogP contribution in [-0.2, 0) is 0 Å². The Morgan fingerprint density at radius 2 is 1.83 bits per heavy atom. The molecule has 1 aromatic rings. The molecule has 2 fully saturated rings. The summed E-state index contributed by atoms with van der Waals surface area (Å²) in [6, 6.07) is 7.47. The largest absolute Gasteiger partial charge is 0.349 e. The molecule has 2 aliphatic carbocycles. The zero-order valence-corrected chi connectivity index (χ0v) is 13.6. The Labute approximate surface area is 137 Å². The van der Waals surface area contributed by atoms with Crippen LogP contribution in [0.2, 0.25) is 0 Å². The zero-order chi connectivity index (χ0) is 16.2. The van der Waals surface area contributed by atoms with Gasteiger partial charge in [0, 0.05) is 23.3 Å². The van der Waals surface area contributed by atoms with Gasteiger partial charge in [0.2, 0.25) is 0 Å². The second kappa shape index (κ2) is 7.02. The van der Waals surface area contributed by atoms with Crippen LogP contribution in [0, 0.1) is 5.92 Å². The highest BCUT2D eigenvalue weighted by molar-refractivity contribution is 5.97. The molecule has 0 bridgehead atoms. The maximum atomic E-state index is 12.2. The highest BCUT2D eigenvalue weighted by atomic mass is 16.2. The van der Waals surface area contributed by atoms with Gasteiger partial charge >= 0.3 is 6.03 Å². The van der Waals surface area contributed by atoms with Crippen LogP contribution < -0.4 is 16.0 Å². The number of carbonyl (C=O) groups is 2. The number of carbonyl (C=O) groups excluding carboxylic acids is 2. The van der Waals surface area contributed by atoms with Gasteiger partial charge in [0.05, 0.1) is 0 Å². The molecule has 23 heavy (non-hydrogen) atoms. The van der Waals surface area contributed by atoms with Crippen molar-refractivity contribution in [1.82, 2.24) is 10.6 Å². The van der Waals surface area contributed by atoms with E-state index in [-0.39, 0.29) is 18.0 Å². The third-order valence-electron chi connectivity index (χ3n) is 4.72. The number of urea groups is 1. The fraction of sp³-hybridized carbons (Fsp3) is 0.556. The first-order valence-corrected chi connectivity index (χ1v) is 8.60. The summed E-state index contributed by atoms with van der Waals surface area (Å²) in [6.45, 7) is 2.19. The molecule has 3 amide bonds. The van der Waals surface area contributed by atoms with E-state index in [1.807, 2.05) is 0 Å². The minimum absolute atomic E-state index is 0.0718. The quantitative estimate of drug-likeness (QED) is 0.798. The average Bonchev–Trinajstić information content (AvgIpc) is 3.34. The Morgan fingerprint density at radius 3 is 2.57 bits per heavy atom. The molecular weight excluding hydrogens is 290 g/mol. The predicted octanol–water partition coefficient (Wildman–Crippen LogP) is 3.28. The predicted molar refractivity (Wildman–Crippen MR) is 90.5 cm³/mol.